The summed E-state index contributed by atoms with van der Waals surface area (Å²) < 4.78 is 27.2. The fraction of sp³-hybridized carbons (Fsp3) is 0.300. The highest BCUT2D eigenvalue weighted by atomic mass is 19.2. The number of rotatable bonds is 2. The third kappa shape index (κ3) is 2.88. The highest BCUT2D eigenvalue weighted by Crippen LogP contribution is 2.41. The SMILES string of the molecule is O=C(c1ccc2c(c1)CC[C@@]1(CCNC1=O)C2)N(O)c1cccc(F)c1F. The van der Waals surface area contributed by atoms with Crippen molar-refractivity contribution in [2.75, 3.05) is 11.6 Å². The van der Waals surface area contributed by atoms with Crippen LogP contribution in [-0.2, 0) is 17.6 Å². The molecule has 2 aromatic rings. The van der Waals surface area contributed by atoms with Gasteiger partial charge in [0, 0.05) is 12.1 Å². The maximum Gasteiger partial charge on any atom is 0.282 e. The monoisotopic (exact) mass is 372 g/mol. The molecule has 0 radical (unpaired) electrons. The van der Waals surface area contributed by atoms with Crippen molar-refractivity contribution in [1.82, 2.24) is 5.32 Å². The van der Waals surface area contributed by atoms with Gasteiger partial charge in [0.25, 0.3) is 5.91 Å². The zero-order valence-corrected chi connectivity index (χ0v) is 14.5. The molecule has 0 aromatic heterocycles. The summed E-state index contributed by atoms with van der Waals surface area (Å²) in [5, 5.41) is 13.1. The average Bonchev–Trinajstić information content (AvgIpc) is 3.02. The molecule has 2 aromatic carbocycles. The van der Waals surface area contributed by atoms with Crippen molar-refractivity contribution >= 4 is 17.5 Å². The van der Waals surface area contributed by atoms with Crippen LogP contribution in [-0.4, -0.2) is 23.6 Å². The first-order valence-electron chi connectivity index (χ1n) is 8.79. The molecule has 7 heteroatoms. The lowest BCUT2D eigenvalue weighted by Gasteiger charge is -2.32. The average molecular weight is 372 g/mol. The van der Waals surface area contributed by atoms with Crippen molar-refractivity contribution in [3.63, 3.8) is 0 Å². The summed E-state index contributed by atoms with van der Waals surface area (Å²) in [6.07, 6.45) is 2.76. The van der Waals surface area contributed by atoms with E-state index in [9.17, 15) is 23.6 Å². The van der Waals surface area contributed by atoms with Crippen molar-refractivity contribution < 1.29 is 23.6 Å². The quantitative estimate of drug-likeness (QED) is 0.629. The van der Waals surface area contributed by atoms with Crippen molar-refractivity contribution in [3.8, 4) is 0 Å². The van der Waals surface area contributed by atoms with Gasteiger partial charge < -0.3 is 5.32 Å². The minimum Gasteiger partial charge on any atom is -0.356 e. The molecule has 0 saturated carbocycles. The number of hydroxylamine groups is 1. The van der Waals surface area contributed by atoms with Crippen molar-refractivity contribution in [2.24, 2.45) is 5.41 Å². The summed E-state index contributed by atoms with van der Waals surface area (Å²) in [7, 11) is 0. The fourth-order valence-electron chi connectivity index (χ4n) is 4.00. The summed E-state index contributed by atoms with van der Waals surface area (Å²) in [6.45, 7) is 0.684. The number of amides is 2. The topological polar surface area (TPSA) is 69.6 Å². The Balaban J connectivity index is 1.60. The zero-order chi connectivity index (χ0) is 19.2. The third-order valence-electron chi connectivity index (χ3n) is 5.58. The molecular formula is C20H18F2N2O3. The predicted octanol–water partition coefficient (Wildman–Crippen LogP) is 3.00. The van der Waals surface area contributed by atoms with E-state index in [1.165, 1.54) is 12.1 Å². The first kappa shape index (κ1) is 17.6. The molecule has 2 amide bonds. The van der Waals surface area contributed by atoms with Gasteiger partial charge in [0.05, 0.1) is 5.41 Å². The number of aryl methyl sites for hydroxylation is 1. The van der Waals surface area contributed by atoms with E-state index in [0.717, 1.165) is 29.7 Å². The third-order valence-corrected chi connectivity index (χ3v) is 5.58. The van der Waals surface area contributed by atoms with Gasteiger partial charge >= 0.3 is 0 Å². The number of hydrogen-bond acceptors (Lipinski definition) is 3. The molecule has 0 bridgehead atoms. The van der Waals surface area contributed by atoms with Crippen LogP contribution in [0.4, 0.5) is 14.5 Å². The summed E-state index contributed by atoms with van der Waals surface area (Å²) in [5.74, 6) is -3.21. The number of hydrogen-bond donors (Lipinski definition) is 2. The number of halogens is 2. The summed E-state index contributed by atoms with van der Waals surface area (Å²) >= 11 is 0. The van der Waals surface area contributed by atoms with E-state index in [1.807, 2.05) is 0 Å². The van der Waals surface area contributed by atoms with E-state index in [4.69, 9.17) is 0 Å². The minimum atomic E-state index is -1.29. The molecule has 1 aliphatic carbocycles. The normalized spacial score (nSPS) is 21.1. The van der Waals surface area contributed by atoms with Crippen LogP contribution < -0.4 is 10.4 Å². The summed E-state index contributed by atoms with van der Waals surface area (Å²) in [4.78, 5) is 24.7. The number of anilines is 1. The fourth-order valence-corrected chi connectivity index (χ4v) is 4.00. The van der Waals surface area contributed by atoms with E-state index >= 15 is 0 Å². The molecule has 1 atom stereocenters. The molecule has 1 saturated heterocycles. The van der Waals surface area contributed by atoms with Gasteiger partial charge in [-0.3, -0.25) is 14.8 Å². The van der Waals surface area contributed by atoms with Crippen LogP contribution >= 0.6 is 0 Å². The Labute approximate surface area is 154 Å². The van der Waals surface area contributed by atoms with Crippen LogP contribution in [0.1, 0.15) is 34.3 Å². The number of nitrogens with zero attached hydrogens (tertiary/aromatic N) is 1. The summed E-state index contributed by atoms with van der Waals surface area (Å²) in [6, 6.07) is 8.20. The molecular weight excluding hydrogens is 354 g/mol. The molecule has 140 valence electrons. The minimum absolute atomic E-state index is 0.0800. The first-order chi connectivity index (χ1) is 12.9. The Kier molecular flexibility index (Phi) is 4.19. The number of carbonyl (C=O) groups excluding carboxylic acids is 2. The molecule has 1 fully saturated rings. The molecule has 4 rings (SSSR count). The van der Waals surface area contributed by atoms with Crippen LogP contribution in [0, 0.1) is 17.0 Å². The lowest BCUT2D eigenvalue weighted by Crippen LogP contribution is -2.36. The van der Waals surface area contributed by atoms with Gasteiger partial charge in [0.1, 0.15) is 5.69 Å². The van der Waals surface area contributed by atoms with Crippen molar-refractivity contribution in [2.45, 2.75) is 25.7 Å². The maximum absolute atomic E-state index is 13.8. The highest BCUT2D eigenvalue weighted by molar-refractivity contribution is 6.04. The van der Waals surface area contributed by atoms with E-state index in [0.29, 0.717) is 25.8 Å². The largest absolute Gasteiger partial charge is 0.356 e. The summed E-state index contributed by atoms with van der Waals surface area (Å²) in [5.41, 5.74) is 1.19. The Morgan fingerprint density at radius 2 is 1.96 bits per heavy atom. The second-order valence-electron chi connectivity index (χ2n) is 7.14. The Morgan fingerprint density at radius 3 is 2.70 bits per heavy atom. The van der Waals surface area contributed by atoms with Gasteiger partial charge in [-0.15, -0.1) is 0 Å². The van der Waals surface area contributed by atoms with Gasteiger partial charge in [-0.05, 0) is 61.1 Å². The van der Waals surface area contributed by atoms with Gasteiger partial charge in [-0.25, -0.2) is 8.78 Å². The van der Waals surface area contributed by atoms with Gasteiger partial charge in [-0.2, -0.15) is 5.06 Å². The van der Waals surface area contributed by atoms with Crippen LogP contribution in [0.15, 0.2) is 36.4 Å². The first-order valence-corrected chi connectivity index (χ1v) is 8.79. The second-order valence-corrected chi connectivity index (χ2v) is 7.14. The maximum atomic E-state index is 13.8. The molecule has 2 N–H and O–H groups in total. The molecule has 1 aliphatic heterocycles. The van der Waals surface area contributed by atoms with Gasteiger partial charge in [-0.1, -0.05) is 12.1 Å². The highest BCUT2D eigenvalue weighted by Gasteiger charge is 2.44. The second kappa shape index (κ2) is 6.42. The van der Waals surface area contributed by atoms with Gasteiger partial charge in [0.2, 0.25) is 5.91 Å². The molecule has 0 unspecified atom stereocenters. The van der Waals surface area contributed by atoms with E-state index < -0.39 is 23.2 Å². The van der Waals surface area contributed by atoms with Crippen LogP contribution in [0.5, 0.6) is 0 Å². The van der Waals surface area contributed by atoms with E-state index in [1.54, 1.807) is 12.1 Å². The van der Waals surface area contributed by atoms with Crippen LogP contribution in [0.3, 0.4) is 0 Å². The Hall–Kier alpha value is -2.80. The molecule has 1 heterocycles. The Bertz CT molecular complexity index is 947. The molecule has 5 nitrogen and oxygen atoms in total. The van der Waals surface area contributed by atoms with Crippen LogP contribution in [0.2, 0.25) is 0 Å². The number of carbonyl (C=O) groups is 2. The lowest BCUT2D eigenvalue weighted by molar-refractivity contribution is -0.128. The van der Waals surface area contributed by atoms with Gasteiger partial charge in [0.15, 0.2) is 11.6 Å². The van der Waals surface area contributed by atoms with E-state index in [2.05, 4.69) is 5.32 Å². The number of fused-ring (bicyclic) bond motifs is 1. The number of benzene rings is 2. The van der Waals surface area contributed by atoms with Crippen LogP contribution in [0.25, 0.3) is 0 Å². The van der Waals surface area contributed by atoms with Crippen molar-refractivity contribution in [1.29, 1.82) is 0 Å². The van der Waals surface area contributed by atoms with Crippen molar-refractivity contribution in [3.05, 3.63) is 64.7 Å². The standard InChI is InChI=1S/C20H18F2N2O3/c21-15-2-1-3-16(17(15)22)24(27)18(25)13-4-5-14-11-20(7-6-12(14)10-13)8-9-23-19(20)26/h1-5,10,27H,6-9,11H2,(H,23,26)/t20-/m1/s1. The zero-order valence-electron chi connectivity index (χ0n) is 14.5. The number of nitrogens with one attached hydrogen (secondary N) is 1. The molecule has 1 spiro atoms. The lowest BCUT2D eigenvalue weighted by atomic mass is 9.70. The Morgan fingerprint density at radius 1 is 1.15 bits per heavy atom. The predicted molar refractivity (Wildman–Crippen MR) is 93.5 cm³/mol. The molecule has 27 heavy (non-hydrogen) atoms. The molecule has 2 aliphatic rings. The smallest absolute Gasteiger partial charge is 0.282 e. The van der Waals surface area contributed by atoms with E-state index in [-0.39, 0.29) is 21.9 Å².